The van der Waals surface area contributed by atoms with Crippen molar-refractivity contribution in [2.75, 3.05) is 0 Å². The number of halogens is 1. The fourth-order valence-electron chi connectivity index (χ4n) is 3.13. The Hall–Kier alpha value is -4.00. The largest absolute Gasteiger partial charge is 0.460 e. The predicted octanol–water partition coefficient (Wildman–Crippen LogP) is 5.61. The van der Waals surface area contributed by atoms with E-state index in [2.05, 4.69) is 0 Å². The van der Waals surface area contributed by atoms with E-state index >= 15 is 0 Å². The van der Waals surface area contributed by atoms with Gasteiger partial charge in [0.05, 0.1) is 21.9 Å². The summed E-state index contributed by atoms with van der Waals surface area (Å²) >= 11 is 0. The van der Waals surface area contributed by atoms with Crippen molar-refractivity contribution in [2.45, 2.75) is 6.92 Å². The highest BCUT2D eigenvalue weighted by atomic mass is 19.1. The van der Waals surface area contributed by atoms with E-state index < -0.39 is 16.4 Å². The summed E-state index contributed by atoms with van der Waals surface area (Å²) < 4.78 is 24.7. The fraction of sp³-hybridized carbons (Fsp3) is 0.0455. The van der Waals surface area contributed by atoms with Crippen molar-refractivity contribution < 1.29 is 18.5 Å². The second-order valence-corrected chi connectivity index (χ2v) is 6.36. The van der Waals surface area contributed by atoms with Crippen LogP contribution in [0.4, 0.5) is 10.1 Å². The SMILES string of the molecule is Cc1oc2cc(Oc3ccc(F)cc3[N+](=O)[O-])ccc2c(=O)c1-c1ccccc1. The van der Waals surface area contributed by atoms with Crippen molar-refractivity contribution >= 4 is 16.7 Å². The first kappa shape index (κ1) is 18.4. The van der Waals surface area contributed by atoms with E-state index in [-0.39, 0.29) is 22.5 Å². The first-order valence-electron chi connectivity index (χ1n) is 8.69. The Morgan fingerprint density at radius 2 is 1.79 bits per heavy atom. The lowest BCUT2D eigenvalue weighted by Crippen LogP contribution is -2.07. The summed E-state index contributed by atoms with van der Waals surface area (Å²) in [4.78, 5) is 23.4. The zero-order valence-electron chi connectivity index (χ0n) is 15.2. The second-order valence-electron chi connectivity index (χ2n) is 6.36. The highest BCUT2D eigenvalue weighted by Gasteiger charge is 2.18. The summed E-state index contributed by atoms with van der Waals surface area (Å²) in [5, 5.41) is 11.5. The molecule has 4 rings (SSSR count). The number of benzene rings is 3. The maximum absolute atomic E-state index is 13.3. The molecule has 6 nitrogen and oxygen atoms in total. The molecule has 0 saturated carbocycles. The first-order chi connectivity index (χ1) is 13.9. The number of nitrogens with zero attached hydrogens (tertiary/aromatic N) is 1. The van der Waals surface area contributed by atoms with Crippen LogP contribution < -0.4 is 10.2 Å². The highest BCUT2D eigenvalue weighted by Crippen LogP contribution is 2.33. The molecule has 4 aromatic rings. The zero-order chi connectivity index (χ0) is 20.5. The Morgan fingerprint density at radius 1 is 1.03 bits per heavy atom. The number of nitro benzene ring substituents is 1. The van der Waals surface area contributed by atoms with Crippen LogP contribution in [-0.2, 0) is 0 Å². The van der Waals surface area contributed by atoms with Gasteiger partial charge in [-0.25, -0.2) is 4.39 Å². The van der Waals surface area contributed by atoms with E-state index in [9.17, 15) is 19.3 Å². The molecule has 0 bridgehead atoms. The van der Waals surface area contributed by atoms with Crippen LogP contribution in [0.2, 0.25) is 0 Å². The van der Waals surface area contributed by atoms with Crippen molar-refractivity contribution in [3.8, 4) is 22.6 Å². The summed E-state index contributed by atoms with van der Waals surface area (Å²) in [6.45, 7) is 1.70. The molecule has 0 atom stereocenters. The number of hydrogen-bond donors (Lipinski definition) is 0. The first-order valence-corrected chi connectivity index (χ1v) is 8.69. The average molecular weight is 391 g/mol. The van der Waals surface area contributed by atoms with E-state index in [0.717, 1.165) is 17.7 Å². The number of rotatable bonds is 4. The van der Waals surface area contributed by atoms with Crippen molar-refractivity contribution in [2.24, 2.45) is 0 Å². The molecular weight excluding hydrogens is 377 g/mol. The van der Waals surface area contributed by atoms with Gasteiger partial charge in [-0.3, -0.25) is 14.9 Å². The minimum Gasteiger partial charge on any atom is -0.460 e. The molecule has 0 radical (unpaired) electrons. The molecule has 7 heteroatoms. The predicted molar refractivity (Wildman–Crippen MR) is 106 cm³/mol. The van der Waals surface area contributed by atoms with Crippen LogP contribution in [0.5, 0.6) is 11.5 Å². The van der Waals surface area contributed by atoms with Crippen molar-refractivity contribution in [1.29, 1.82) is 0 Å². The Labute approximate surface area is 163 Å². The lowest BCUT2D eigenvalue weighted by Gasteiger charge is -2.09. The second kappa shape index (κ2) is 7.20. The third-order valence-corrected chi connectivity index (χ3v) is 4.45. The van der Waals surface area contributed by atoms with E-state index in [0.29, 0.717) is 16.7 Å². The number of nitro groups is 1. The van der Waals surface area contributed by atoms with Crippen LogP contribution in [0.3, 0.4) is 0 Å². The van der Waals surface area contributed by atoms with Gasteiger partial charge in [0.15, 0.2) is 0 Å². The Bertz CT molecular complexity index is 1300. The number of aryl methyl sites for hydroxylation is 1. The van der Waals surface area contributed by atoms with Gasteiger partial charge in [-0.05, 0) is 36.8 Å². The van der Waals surface area contributed by atoms with Crippen molar-refractivity contribution in [1.82, 2.24) is 0 Å². The maximum atomic E-state index is 13.3. The van der Waals surface area contributed by atoms with Gasteiger partial charge in [0, 0.05) is 6.07 Å². The van der Waals surface area contributed by atoms with Gasteiger partial charge in [-0.1, -0.05) is 30.3 Å². The zero-order valence-corrected chi connectivity index (χ0v) is 15.2. The molecule has 0 aliphatic rings. The normalized spacial score (nSPS) is 10.8. The Balaban J connectivity index is 1.79. The summed E-state index contributed by atoms with van der Waals surface area (Å²) in [6.07, 6.45) is 0. The molecule has 3 aromatic carbocycles. The third kappa shape index (κ3) is 3.45. The van der Waals surface area contributed by atoms with Crippen LogP contribution in [0, 0.1) is 22.9 Å². The molecule has 0 N–H and O–H groups in total. The summed E-state index contributed by atoms with van der Waals surface area (Å²) in [5.41, 5.74) is 0.828. The molecule has 0 amide bonds. The molecule has 0 unspecified atom stereocenters. The van der Waals surface area contributed by atoms with Gasteiger partial charge in [-0.15, -0.1) is 0 Å². The average Bonchev–Trinajstić information content (AvgIpc) is 2.70. The van der Waals surface area contributed by atoms with Crippen LogP contribution >= 0.6 is 0 Å². The van der Waals surface area contributed by atoms with Gasteiger partial charge < -0.3 is 9.15 Å². The number of fused-ring (bicyclic) bond motifs is 1. The van der Waals surface area contributed by atoms with Crippen molar-refractivity contribution in [3.63, 3.8) is 0 Å². The third-order valence-electron chi connectivity index (χ3n) is 4.45. The molecule has 0 spiro atoms. The van der Waals surface area contributed by atoms with Gasteiger partial charge in [0.25, 0.3) is 0 Å². The molecule has 0 aliphatic heterocycles. The van der Waals surface area contributed by atoms with Crippen LogP contribution in [0.15, 0.2) is 75.9 Å². The van der Waals surface area contributed by atoms with Gasteiger partial charge >= 0.3 is 5.69 Å². The maximum Gasteiger partial charge on any atom is 0.314 e. The smallest absolute Gasteiger partial charge is 0.314 e. The molecule has 0 saturated heterocycles. The molecular formula is C22H14FNO5. The lowest BCUT2D eigenvalue weighted by molar-refractivity contribution is -0.385. The van der Waals surface area contributed by atoms with Gasteiger partial charge in [0.1, 0.15) is 22.9 Å². The van der Waals surface area contributed by atoms with Crippen LogP contribution in [-0.4, -0.2) is 4.92 Å². The monoisotopic (exact) mass is 391 g/mol. The van der Waals surface area contributed by atoms with E-state index in [1.807, 2.05) is 30.3 Å². The molecule has 1 aromatic heterocycles. The topological polar surface area (TPSA) is 82.6 Å². The Morgan fingerprint density at radius 3 is 2.52 bits per heavy atom. The lowest BCUT2D eigenvalue weighted by atomic mass is 10.0. The summed E-state index contributed by atoms with van der Waals surface area (Å²) in [5.74, 6) is -0.186. The summed E-state index contributed by atoms with van der Waals surface area (Å²) in [7, 11) is 0. The molecule has 1 heterocycles. The fourth-order valence-corrected chi connectivity index (χ4v) is 3.13. The molecule has 0 fully saturated rings. The van der Waals surface area contributed by atoms with Crippen LogP contribution in [0.1, 0.15) is 5.76 Å². The molecule has 144 valence electrons. The number of ether oxygens (including phenoxy) is 1. The minimum absolute atomic E-state index is 0.115. The summed E-state index contributed by atoms with van der Waals surface area (Å²) in [6, 6.07) is 16.8. The van der Waals surface area contributed by atoms with E-state index in [1.165, 1.54) is 24.3 Å². The quantitative estimate of drug-likeness (QED) is 0.334. The van der Waals surface area contributed by atoms with E-state index in [1.54, 1.807) is 6.92 Å². The number of hydrogen-bond acceptors (Lipinski definition) is 5. The Kier molecular flexibility index (Phi) is 4.56. The molecule has 0 aliphatic carbocycles. The van der Waals surface area contributed by atoms with E-state index in [4.69, 9.17) is 9.15 Å². The highest BCUT2D eigenvalue weighted by molar-refractivity contribution is 5.83. The van der Waals surface area contributed by atoms with Gasteiger partial charge in [-0.2, -0.15) is 0 Å². The van der Waals surface area contributed by atoms with Crippen molar-refractivity contribution in [3.05, 3.63) is 98.6 Å². The van der Waals surface area contributed by atoms with Gasteiger partial charge in [0.2, 0.25) is 11.2 Å². The minimum atomic E-state index is -0.738. The standard InChI is InChI=1S/C22H14FNO5/c1-13-21(14-5-3-2-4-6-14)22(25)17-9-8-16(12-20(17)28-13)29-19-10-7-15(23)11-18(19)24(26)27/h2-12H,1H3. The van der Waals surface area contributed by atoms with Crippen LogP contribution in [0.25, 0.3) is 22.1 Å². The molecule has 29 heavy (non-hydrogen) atoms.